The van der Waals surface area contributed by atoms with Crippen molar-refractivity contribution >= 4 is 17.2 Å². The average Bonchev–Trinajstić information content (AvgIpc) is 3.09. The maximum absolute atomic E-state index is 12.3. The van der Waals surface area contributed by atoms with Gasteiger partial charge in [-0.2, -0.15) is 11.3 Å². The second-order valence-electron chi connectivity index (χ2n) is 4.78. The standard InChI is InChI=1S/C16H14N4OS/c21-16(14-8-18-11-19-9-14)20-15(6-12-3-5-22-10-12)13-2-1-4-17-7-13/h1-5,7-11,15H,6H2,(H,20,21)/t15-/m1/s1. The molecule has 1 atom stereocenters. The van der Waals surface area contributed by atoms with Gasteiger partial charge in [-0.05, 0) is 40.4 Å². The molecule has 110 valence electrons. The third kappa shape index (κ3) is 3.53. The zero-order chi connectivity index (χ0) is 15.2. The van der Waals surface area contributed by atoms with E-state index in [-0.39, 0.29) is 11.9 Å². The quantitative estimate of drug-likeness (QED) is 0.786. The number of nitrogens with zero attached hydrogens (tertiary/aromatic N) is 3. The number of nitrogens with one attached hydrogen (secondary N) is 1. The Labute approximate surface area is 132 Å². The number of thiophene rings is 1. The van der Waals surface area contributed by atoms with Gasteiger partial charge in [-0.15, -0.1) is 0 Å². The molecule has 0 aliphatic rings. The maximum atomic E-state index is 12.3. The molecule has 3 heterocycles. The molecule has 0 aliphatic carbocycles. The summed E-state index contributed by atoms with van der Waals surface area (Å²) in [6.07, 6.45) is 8.63. The van der Waals surface area contributed by atoms with Crippen molar-refractivity contribution in [3.05, 3.63) is 76.8 Å². The van der Waals surface area contributed by atoms with Crippen LogP contribution in [-0.4, -0.2) is 20.9 Å². The minimum absolute atomic E-state index is 0.143. The molecular weight excluding hydrogens is 296 g/mol. The average molecular weight is 310 g/mol. The summed E-state index contributed by atoms with van der Waals surface area (Å²) in [7, 11) is 0. The number of pyridine rings is 1. The molecule has 22 heavy (non-hydrogen) atoms. The Hall–Kier alpha value is -2.60. The number of carbonyl (C=O) groups is 1. The first-order valence-corrected chi connectivity index (χ1v) is 7.74. The first kappa shape index (κ1) is 14.3. The highest BCUT2D eigenvalue weighted by atomic mass is 32.1. The molecule has 0 aromatic carbocycles. The van der Waals surface area contributed by atoms with E-state index in [9.17, 15) is 4.79 Å². The Kier molecular flexibility index (Phi) is 4.50. The van der Waals surface area contributed by atoms with E-state index in [1.165, 1.54) is 24.3 Å². The fourth-order valence-corrected chi connectivity index (χ4v) is 2.82. The van der Waals surface area contributed by atoms with Crippen molar-refractivity contribution in [1.29, 1.82) is 0 Å². The number of aromatic nitrogens is 3. The third-order valence-corrected chi connectivity index (χ3v) is 3.97. The molecule has 3 aromatic rings. The number of amides is 1. The van der Waals surface area contributed by atoms with Crippen LogP contribution >= 0.6 is 11.3 Å². The molecule has 1 N–H and O–H groups in total. The van der Waals surface area contributed by atoms with Gasteiger partial charge in [0.2, 0.25) is 0 Å². The SMILES string of the molecule is O=C(N[C@H](Cc1ccsc1)c1cccnc1)c1cncnc1. The van der Waals surface area contributed by atoms with Crippen molar-refractivity contribution in [2.45, 2.75) is 12.5 Å². The normalized spacial score (nSPS) is 11.8. The van der Waals surface area contributed by atoms with E-state index < -0.39 is 0 Å². The van der Waals surface area contributed by atoms with Gasteiger partial charge < -0.3 is 5.32 Å². The fourth-order valence-electron chi connectivity index (χ4n) is 2.14. The third-order valence-electron chi connectivity index (χ3n) is 3.23. The number of carbonyl (C=O) groups excluding carboxylic acids is 1. The minimum atomic E-state index is -0.190. The van der Waals surface area contributed by atoms with Crippen LogP contribution in [0.25, 0.3) is 0 Å². The number of hydrogen-bond donors (Lipinski definition) is 1. The molecule has 1 amide bonds. The van der Waals surface area contributed by atoms with E-state index in [0.29, 0.717) is 12.0 Å². The predicted molar refractivity (Wildman–Crippen MR) is 84.5 cm³/mol. The molecule has 3 rings (SSSR count). The maximum Gasteiger partial charge on any atom is 0.254 e. The van der Waals surface area contributed by atoms with Crippen LogP contribution in [0.3, 0.4) is 0 Å². The van der Waals surface area contributed by atoms with Gasteiger partial charge in [0.25, 0.3) is 5.91 Å². The van der Waals surface area contributed by atoms with Gasteiger partial charge in [0.15, 0.2) is 0 Å². The van der Waals surface area contributed by atoms with E-state index in [4.69, 9.17) is 0 Å². The first-order valence-electron chi connectivity index (χ1n) is 6.80. The zero-order valence-corrected chi connectivity index (χ0v) is 12.5. The van der Waals surface area contributed by atoms with Crippen LogP contribution in [0.5, 0.6) is 0 Å². The molecule has 0 radical (unpaired) electrons. The molecule has 0 saturated carbocycles. The molecule has 0 bridgehead atoms. The van der Waals surface area contributed by atoms with Crippen LogP contribution in [0.2, 0.25) is 0 Å². The smallest absolute Gasteiger partial charge is 0.254 e. The molecular formula is C16H14N4OS. The fraction of sp³-hybridized carbons (Fsp3) is 0.125. The summed E-state index contributed by atoms with van der Waals surface area (Å²) in [6, 6.07) is 5.75. The van der Waals surface area contributed by atoms with Gasteiger partial charge in [0.05, 0.1) is 11.6 Å². The Bertz CT molecular complexity index is 716. The van der Waals surface area contributed by atoms with E-state index >= 15 is 0 Å². The van der Waals surface area contributed by atoms with Crippen molar-refractivity contribution in [3.63, 3.8) is 0 Å². The van der Waals surface area contributed by atoms with Gasteiger partial charge in [-0.25, -0.2) is 9.97 Å². The highest BCUT2D eigenvalue weighted by Crippen LogP contribution is 2.19. The van der Waals surface area contributed by atoms with Crippen LogP contribution < -0.4 is 5.32 Å². The molecule has 6 heteroatoms. The Morgan fingerprint density at radius 2 is 2.05 bits per heavy atom. The van der Waals surface area contributed by atoms with E-state index in [2.05, 4.69) is 31.7 Å². The number of rotatable bonds is 5. The van der Waals surface area contributed by atoms with Crippen molar-refractivity contribution < 1.29 is 4.79 Å². The molecule has 0 fully saturated rings. The van der Waals surface area contributed by atoms with Gasteiger partial charge in [-0.1, -0.05) is 6.07 Å². The van der Waals surface area contributed by atoms with Gasteiger partial charge >= 0.3 is 0 Å². The summed E-state index contributed by atoms with van der Waals surface area (Å²) in [4.78, 5) is 24.2. The summed E-state index contributed by atoms with van der Waals surface area (Å²) in [5, 5.41) is 7.15. The lowest BCUT2D eigenvalue weighted by Gasteiger charge is -2.18. The highest BCUT2D eigenvalue weighted by Gasteiger charge is 2.17. The van der Waals surface area contributed by atoms with Gasteiger partial charge in [0, 0.05) is 24.8 Å². The van der Waals surface area contributed by atoms with Gasteiger partial charge in [0.1, 0.15) is 6.33 Å². The van der Waals surface area contributed by atoms with Crippen LogP contribution in [-0.2, 0) is 6.42 Å². The van der Waals surface area contributed by atoms with E-state index in [1.54, 1.807) is 23.7 Å². The topological polar surface area (TPSA) is 67.8 Å². The second-order valence-corrected chi connectivity index (χ2v) is 5.56. The number of hydrogen-bond acceptors (Lipinski definition) is 5. The first-order chi connectivity index (χ1) is 10.8. The van der Waals surface area contributed by atoms with Crippen molar-refractivity contribution in [3.8, 4) is 0 Å². The largest absolute Gasteiger partial charge is 0.345 e. The van der Waals surface area contributed by atoms with Crippen LogP contribution in [0.15, 0.2) is 60.1 Å². The Morgan fingerprint density at radius 1 is 1.18 bits per heavy atom. The summed E-state index contributed by atoms with van der Waals surface area (Å²) < 4.78 is 0. The van der Waals surface area contributed by atoms with Crippen LogP contribution in [0.4, 0.5) is 0 Å². The zero-order valence-electron chi connectivity index (χ0n) is 11.7. The van der Waals surface area contributed by atoms with E-state index in [0.717, 1.165) is 5.56 Å². The monoisotopic (exact) mass is 310 g/mol. The van der Waals surface area contributed by atoms with Crippen molar-refractivity contribution in [2.75, 3.05) is 0 Å². The van der Waals surface area contributed by atoms with Crippen molar-refractivity contribution in [2.24, 2.45) is 0 Å². The van der Waals surface area contributed by atoms with Crippen molar-refractivity contribution in [1.82, 2.24) is 20.3 Å². The molecule has 0 spiro atoms. The summed E-state index contributed by atoms with van der Waals surface area (Å²) in [6.45, 7) is 0. The lowest BCUT2D eigenvalue weighted by atomic mass is 10.0. The molecule has 0 aliphatic heterocycles. The summed E-state index contributed by atoms with van der Waals surface area (Å²) >= 11 is 1.64. The molecule has 5 nitrogen and oxygen atoms in total. The molecule has 0 saturated heterocycles. The van der Waals surface area contributed by atoms with E-state index in [1.807, 2.05) is 17.5 Å². The van der Waals surface area contributed by atoms with Crippen LogP contribution in [0, 0.1) is 0 Å². The molecule has 3 aromatic heterocycles. The lowest BCUT2D eigenvalue weighted by molar-refractivity contribution is 0.0935. The van der Waals surface area contributed by atoms with Crippen LogP contribution in [0.1, 0.15) is 27.5 Å². The summed E-state index contributed by atoms with van der Waals surface area (Å²) in [5.41, 5.74) is 2.60. The van der Waals surface area contributed by atoms with Gasteiger partial charge in [-0.3, -0.25) is 9.78 Å². The Morgan fingerprint density at radius 3 is 2.73 bits per heavy atom. The minimum Gasteiger partial charge on any atom is -0.345 e. The highest BCUT2D eigenvalue weighted by molar-refractivity contribution is 7.07. The predicted octanol–water partition coefficient (Wildman–Crippen LogP) is 2.65. The lowest BCUT2D eigenvalue weighted by Crippen LogP contribution is -2.30. The summed E-state index contributed by atoms with van der Waals surface area (Å²) in [5.74, 6) is -0.190. The Balaban J connectivity index is 1.81. The second kappa shape index (κ2) is 6.91. The molecule has 0 unspecified atom stereocenters.